The highest BCUT2D eigenvalue weighted by atomic mass is 35.5. The Balaban J connectivity index is 0.00000882. The lowest BCUT2D eigenvalue weighted by atomic mass is 10.0. The fraction of sp³-hybridized carbons (Fsp3) is 0.643. The van der Waals surface area contributed by atoms with Gasteiger partial charge in [0.15, 0.2) is 0 Å². The van der Waals surface area contributed by atoms with Crippen molar-refractivity contribution in [3.63, 3.8) is 0 Å². The van der Waals surface area contributed by atoms with E-state index >= 15 is 0 Å². The van der Waals surface area contributed by atoms with Crippen LogP contribution in [-0.2, 0) is 19.6 Å². The molecule has 2 atom stereocenters. The molecule has 42 heavy (non-hydrogen) atoms. The van der Waals surface area contributed by atoms with Gasteiger partial charge in [-0.2, -0.15) is 4.31 Å². The van der Waals surface area contributed by atoms with Crippen molar-refractivity contribution in [3.8, 4) is 17.6 Å². The van der Waals surface area contributed by atoms with Crippen LogP contribution >= 0.6 is 12.4 Å². The summed E-state index contributed by atoms with van der Waals surface area (Å²) in [5, 5.41) is 20.5. The number of ether oxygens (including phenoxy) is 1. The number of hydrogen-bond acceptors (Lipinski definition) is 9. The van der Waals surface area contributed by atoms with Gasteiger partial charge in [-0.05, 0) is 57.1 Å². The Labute approximate surface area is 256 Å². The maximum Gasteiger partial charge on any atom is 0.262 e. The average Bonchev–Trinajstić information content (AvgIpc) is 2.93. The van der Waals surface area contributed by atoms with Crippen LogP contribution in [0.5, 0.6) is 5.75 Å². The predicted molar refractivity (Wildman–Crippen MR) is 161 cm³/mol. The number of likely N-dealkylation sites (N-methyl/N-ethyl adjacent to an activating group) is 1. The lowest BCUT2D eigenvalue weighted by Crippen LogP contribution is -2.55. The van der Waals surface area contributed by atoms with Crippen molar-refractivity contribution in [2.45, 2.75) is 51.5 Å². The summed E-state index contributed by atoms with van der Waals surface area (Å²) in [6, 6.07) is 4.39. The largest absolute Gasteiger partial charge is 0.481 e. The number of rotatable bonds is 15. The molecule has 0 aromatic heterocycles. The first-order valence-electron chi connectivity index (χ1n) is 13.9. The van der Waals surface area contributed by atoms with Gasteiger partial charge in [-0.1, -0.05) is 26.7 Å². The van der Waals surface area contributed by atoms with Crippen LogP contribution in [0.15, 0.2) is 29.2 Å². The van der Waals surface area contributed by atoms with Gasteiger partial charge >= 0.3 is 0 Å². The highest BCUT2D eigenvalue weighted by molar-refractivity contribution is 7.89. The molecule has 1 heterocycles. The second-order valence-electron chi connectivity index (χ2n) is 10.8. The van der Waals surface area contributed by atoms with Crippen LogP contribution in [0, 0.1) is 23.7 Å². The van der Waals surface area contributed by atoms with E-state index in [4.69, 9.17) is 4.74 Å². The van der Waals surface area contributed by atoms with E-state index in [9.17, 15) is 28.4 Å². The molecule has 2 rings (SSSR count). The lowest BCUT2D eigenvalue weighted by Gasteiger charge is -2.36. The quantitative estimate of drug-likeness (QED) is 0.150. The van der Waals surface area contributed by atoms with Crippen LogP contribution in [0.3, 0.4) is 0 Å². The topological polar surface area (TPSA) is 143 Å². The summed E-state index contributed by atoms with van der Waals surface area (Å²) in [5.74, 6) is 3.56. The molecule has 0 aliphatic carbocycles. The van der Waals surface area contributed by atoms with Gasteiger partial charge < -0.3 is 14.5 Å². The predicted octanol–water partition coefficient (Wildman–Crippen LogP) is 1.91. The van der Waals surface area contributed by atoms with Gasteiger partial charge in [-0.15, -0.1) is 18.3 Å². The molecule has 12 nitrogen and oxygen atoms in total. The molecule has 1 saturated heterocycles. The molecule has 1 fully saturated rings. The second kappa shape index (κ2) is 18.3. The van der Waals surface area contributed by atoms with Crippen molar-refractivity contribution < 1.29 is 33.2 Å². The van der Waals surface area contributed by atoms with E-state index in [0.717, 1.165) is 30.5 Å². The molecule has 1 aromatic carbocycles. The monoisotopic (exact) mass is 631 g/mol. The van der Waals surface area contributed by atoms with E-state index in [1.54, 1.807) is 19.3 Å². The van der Waals surface area contributed by atoms with Gasteiger partial charge in [0.2, 0.25) is 15.9 Å². The van der Waals surface area contributed by atoms with Crippen LogP contribution in [0.4, 0.5) is 0 Å². The van der Waals surface area contributed by atoms with Gasteiger partial charge in [-0.25, -0.2) is 19.0 Å². The van der Waals surface area contributed by atoms with Crippen molar-refractivity contribution in [1.82, 2.24) is 24.6 Å². The number of benzene rings is 1. The van der Waals surface area contributed by atoms with Crippen molar-refractivity contribution >= 4 is 34.2 Å². The molecule has 1 aromatic rings. The summed E-state index contributed by atoms with van der Waals surface area (Å²) in [7, 11) is -2.21. The summed E-state index contributed by atoms with van der Waals surface area (Å²) in [5.41, 5.74) is 1.59. The second-order valence-corrected chi connectivity index (χ2v) is 12.7. The normalized spacial score (nSPS) is 15.7. The summed E-state index contributed by atoms with van der Waals surface area (Å²) in [6.07, 6.45) is 0.516. The van der Waals surface area contributed by atoms with Crippen LogP contribution in [-0.4, -0.2) is 115 Å². The Morgan fingerprint density at radius 3 is 2.29 bits per heavy atom. The van der Waals surface area contributed by atoms with Crippen LogP contribution in [0.2, 0.25) is 0 Å². The standard InChI is InChI=1S/C28H45N5O7S.ClH/c1-6-7-19-40-24-9-11-25(12-10-24)41(38,39)33(14-8-13-31-17-15-30(5)16-18-31)27(28(35)29-36)23(4)21-32(37)26(34)20-22(2)3;/h9-12,22-23,27,36-37H,8,13-21H2,1-5H3,(H,29,35);1H. The van der Waals surface area contributed by atoms with Crippen molar-refractivity contribution in [2.75, 3.05) is 59.5 Å². The van der Waals surface area contributed by atoms with E-state index in [1.165, 1.54) is 24.3 Å². The minimum atomic E-state index is -4.26. The molecule has 0 radical (unpaired) electrons. The Bertz CT molecular complexity index is 1150. The third-order valence-electron chi connectivity index (χ3n) is 6.93. The van der Waals surface area contributed by atoms with Gasteiger partial charge in [0.1, 0.15) is 18.4 Å². The molecule has 1 aliphatic heterocycles. The first kappa shape index (κ1) is 37.6. The minimum Gasteiger partial charge on any atom is -0.481 e. The lowest BCUT2D eigenvalue weighted by molar-refractivity contribution is -0.170. The Hall–Kier alpha value is -2.44. The van der Waals surface area contributed by atoms with Crippen LogP contribution in [0.1, 0.15) is 40.5 Å². The summed E-state index contributed by atoms with van der Waals surface area (Å²) < 4.78 is 34.5. The maximum absolute atomic E-state index is 14.0. The van der Waals surface area contributed by atoms with Crippen LogP contribution in [0.25, 0.3) is 0 Å². The molecule has 14 heteroatoms. The summed E-state index contributed by atoms with van der Waals surface area (Å²) in [4.78, 5) is 29.8. The van der Waals surface area contributed by atoms with E-state index in [2.05, 4.69) is 28.7 Å². The maximum atomic E-state index is 14.0. The molecular formula is C28H46ClN5O7S. The zero-order valence-corrected chi connectivity index (χ0v) is 26.8. The van der Waals surface area contributed by atoms with Crippen molar-refractivity contribution in [2.24, 2.45) is 11.8 Å². The third kappa shape index (κ3) is 11.3. The number of hydroxylamine groups is 3. The van der Waals surface area contributed by atoms with E-state index in [0.29, 0.717) is 23.8 Å². The molecule has 0 bridgehead atoms. The van der Waals surface area contributed by atoms with Gasteiger partial charge in [0.25, 0.3) is 5.91 Å². The number of nitrogens with one attached hydrogen (secondary N) is 1. The molecule has 238 valence electrons. The zero-order chi connectivity index (χ0) is 30.6. The van der Waals surface area contributed by atoms with E-state index in [1.807, 2.05) is 13.8 Å². The van der Waals surface area contributed by atoms with Gasteiger partial charge in [0.05, 0.1) is 11.4 Å². The SMILES string of the molecule is CC#CCOc1ccc(S(=O)(=O)N(CCCN2CCN(C)CC2)C(C(=O)NO)C(C)CN(O)C(=O)CC(C)C)cc1.Cl. The molecule has 2 amide bonds. The fourth-order valence-corrected chi connectivity index (χ4v) is 6.36. The zero-order valence-electron chi connectivity index (χ0n) is 25.2. The Morgan fingerprint density at radius 1 is 1.12 bits per heavy atom. The fourth-order valence-electron chi connectivity index (χ4n) is 4.63. The highest BCUT2D eigenvalue weighted by Crippen LogP contribution is 2.26. The molecule has 3 N–H and O–H groups in total. The molecule has 0 spiro atoms. The molecule has 2 unspecified atom stereocenters. The van der Waals surface area contributed by atoms with Crippen molar-refractivity contribution in [3.05, 3.63) is 24.3 Å². The number of piperazine rings is 1. The van der Waals surface area contributed by atoms with Crippen molar-refractivity contribution in [1.29, 1.82) is 0 Å². The molecule has 0 saturated carbocycles. The van der Waals surface area contributed by atoms with Gasteiger partial charge in [0, 0.05) is 45.1 Å². The first-order valence-corrected chi connectivity index (χ1v) is 15.3. The minimum absolute atomic E-state index is 0. The summed E-state index contributed by atoms with van der Waals surface area (Å²) >= 11 is 0. The number of amides is 2. The smallest absolute Gasteiger partial charge is 0.262 e. The third-order valence-corrected chi connectivity index (χ3v) is 8.82. The Morgan fingerprint density at radius 2 is 1.74 bits per heavy atom. The average molecular weight is 632 g/mol. The number of hydrogen-bond donors (Lipinski definition) is 3. The van der Waals surface area contributed by atoms with Crippen LogP contribution < -0.4 is 10.2 Å². The summed E-state index contributed by atoms with van der Waals surface area (Å²) in [6.45, 7) is 10.9. The molecule has 1 aliphatic rings. The number of sulfonamides is 1. The Kier molecular flexibility index (Phi) is 16.4. The van der Waals surface area contributed by atoms with Gasteiger partial charge in [-0.3, -0.25) is 20.0 Å². The first-order chi connectivity index (χ1) is 19.4. The van der Waals surface area contributed by atoms with E-state index < -0.39 is 33.8 Å². The number of carbonyl (C=O) groups excluding carboxylic acids is 2. The van der Waals surface area contributed by atoms with E-state index in [-0.39, 0.29) is 49.3 Å². The number of carbonyl (C=O) groups is 2. The number of halogens is 1. The number of nitrogens with zero attached hydrogens (tertiary/aromatic N) is 4. The highest BCUT2D eigenvalue weighted by Gasteiger charge is 2.40. The molecular weight excluding hydrogens is 586 g/mol.